The average molecular weight is 221 g/mol. The summed E-state index contributed by atoms with van der Waals surface area (Å²) in [7, 11) is 0. The molecule has 1 atom stereocenters. The van der Waals surface area contributed by atoms with Crippen molar-refractivity contribution < 1.29 is 4.79 Å². The first-order chi connectivity index (χ1) is 7.31. The maximum absolute atomic E-state index is 11.6. The molecule has 0 aromatic carbocycles. The molecule has 0 bridgehead atoms. The highest BCUT2D eigenvalue weighted by molar-refractivity contribution is 8.13. The van der Waals surface area contributed by atoms with Crippen LogP contribution in [0.15, 0.2) is 34.3 Å². The zero-order valence-corrected chi connectivity index (χ0v) is 8.91. The lowest BCUT2D eigenvalue weighted by molar-refractivity contribution is -0.118. The minimum Gasteiger partial charge on any atom is -0.330 e. The van der Waals surface area contributed by atoms with Crippen LogP contribution in [0, 0.1) is 5.92 Å². The molecule has 2 N–H and O–H groups in total. The van der Waals surface area contributed by atoms with E-state index in [4.69, 9.17) is 5.73 Å². The van der Waals surface area contributed by atoms with Crippen LogP contribution in [-0.4, -0.2) is 29.1 Å². The number of aliphatic imine (C=N–C) groups is 2. The van der Waals surface area contributed by atoms with Gasteiger partial charge in [-0.1, -0.05) is 30.0 Å². The van der Waals surface area contributed by atoms with Crippen LogP contribution in [0.5, 0.6) is 0 Å². The van der Waals surface area contributed by atoms with Gasteiger partial charge in [-0.15, -0.1) is 0 Å². The van der Waals surface area contributed by atoms with Gasteiger partial charge in [0.25, 0.3) is 5.91 Å². The normalized spacial score (nSPS) is 23.5. The lowest BCUT2D eigenvalue weighted by atomic mass is 9.97. The van der Waals surface area contributed by atoms with Crippen molar-refractivity contribution in [3.05, 3.63) is 24.3 Å². The number of hydrogen-bond acceptors (Lipinski definition) is 4. The maximum atomic E-state index is 11.6. The van der Waals surface area contributed by atoms with E-state index in [9.17, 15) is 4.79 Å². The molecule has 2 aliphatic rings. The zero-order chi connectivity index (χ0) is 10.7. The summed E-state index contributed by atoms with van der Waals surface area (Å²) in [5.41, 5.74) is 6.15. The molecular formula is C10H11N3OS. The maximum Gasteiger partial charge on any atom is 0.261 e. The highest BCUT2D eigenvalue weighted by Gasteiger charge is 2.25. The van der Waals surface area contributed by atoms with Gasteiger partial charge in [0.15, 0.2) is 5.17 Å². The number of rotatable bonds is 2. The highest BCUT2D eigenvalue weighted by Crippen LogP contribution is 2.19. The minimum absolute atomic E-state index is 0.139. The average Bonchev–Trinajstić information content (AvgIpc) is 2.26. The molecule has 0 aromatic rings. The standard InChI is InChI=1S/C10H11N3OS/c11-5-6-15-10-12-8-4-2-1-3-7(8)9(14)13-10/h1-4,7H,5-6,11H2. The van der Waals surface area contributed by atoms with Gasteiger partial charge < -0.3 is 5.73 Å². The lowest BCUT2D eigenvalue weighted by Crippen LogP contribution is -2.26. The lowest BCUT2D eigenvalue weighted by Gasteiger charge is -2.16. The predicted molar refractivity (Wildman–Crippen MR) is 63.2 cm³/mol. The second-order valence-corrected chi connectivity index (χ2v) is 4.19. The smallest absolute Gasteiger partial charge is 0.261 e. The van der Waals surface area contributed by atoms with E-state index in [1.54, 1.807) is 0 Å². The molecule has 0 saturated heterocycles. The summed E-state index contributed by atoms with van der Waals surface area (Å²) in [5.74, 6) is 0.310. The number of nitrogens with two attached hydrogens (primary N) is 1. The van der Waals surface area contributed by atoms with Crippen molar-refractivity contribution in [1.29, 1.82) is 0 Å². The molecule has 78 valence electrons. The first-order valence-electron chi connectivity index (χ1n) is 4.70. The van der Waals surface area contributed by atoms with E-state index in [-0.39, 0.29) is 11.8 Å². The van der Waals surface area contributed by atoms with E-state index in [2.05, 4.69) is 9.98 Å². The van der Waals surface area contributed by atoms with Gasteiger partial charge in [0, 0.05) is 12.3 Å². The summed E-state index contributed by atoms with van der Waals surface area (Å²) < 4.78 is 0. The van der Waals surface area contributed by atoms with Gasteiger partial charge in [-0.25, -0.2) is 4.99 Å². The molecule has 1 amide bonds. The second kappa shape index (κ2) is 4.55. The fraction of sp³-hybridized carbons (Fsp3) is 0.300. The summed E-state index contributed by atoms with van der Waals surface area (Å²) in [6, 6.07) is 0. The Labute approximate surface area is 92.0 Å². The molecule has 0 radical (unpaired) electrons. The molecule has 5 heteroatoms. The van der Waals surface area contributed by atoms with Crippen LogP contribution in [0.1, 0.15) is 0 Å². The number of hydrogen-bond donors (Lipinski definition) is 1. The molecule has 0 spiro atoms. The first-order valence-corrected chi connectivity index (χ1v) is 5.68. The number of amides is 1. The number of carbonyl (C=O) groups excluding carboxylic acids is 1. The number of allylic oxidation sites excluding steroid dienone is 3. The molecule has 15 heavy (non-hydrogen) atoms. The fourth-order valence-electron chi connectivity index (χ4n) is 1.36. The molecule has 1 aliphatic carbocycles. The predicted octanol–water partition coefficient (Wildman–Crippen LogP) is 0.758. The van der Waals surface area contributed by atoms with Crippen molar-refractivity contribution in [2.45, 2.75) is 0 Å². The Balaban J connectivity index is 2.17. The van der Waals surface area contributed by atoms with E-state index >= 15 is 0 Å². The van der Waals surface area contributed by atoms with E-state index in [0.717, 1.165) is 11.5 Å². The summed E-state index contributed by atoms with van der Waals surface area (Å²) in [5, 5.41) is 0.525. The van der Waals surface area contributed by atoms with Crippen molar-refractivity contribution in [1.82, 2.24) is 0 Å². The van der Waals surface area contributed by atoms with Crippen molar-refractivity contribution >= 4 is 28.5 Å². The topological polar surface area (TPSA) is 67.8 Å². The van der Waals surface area contributed by atoms with Crippen molar-refractivity contribution in [3.63, 3.8) is 0 Å². The van der Waals surface area contributed by atoms with Crippen LogP contribution in [0.2, 0.25) is 0 Å². The Kier molecular flexibility index (Phi) is 3.13. The molecule has 0 aromatic heterocycles. The summed E-state index contributed by atoms with van der Waals surface area (Å²) in [6.45, 7) is 0.557. The molecule has 0 fully saturated rings. The molecule has 0 saturated carbocycles. The number of nitrogens with zero attached hydrogens (tertiary/aromatic N) is 2. The third kappa shape index (κ3) is 2.24. The molecule has 1 unspecified atom stereocenters. The van der Waals surface area contributed by atoms with E-state index < -0.39 is 0 Å². The zero-order valence-electron chi connectivity index (χ0n) is 8.09. The third-order valence-corrected chi connectivity index (χ3v) is 2.93. The van der Waals surface area contributed by atoms with Crippen molar-refractivity contribution in [3.8, 4) is 0 Å². The van der Waals surface area contributed by atoms with Crippen LogP contribution in [-0.2, 0) is 4.79 Å². The van der Waals surface area contributed by atoms with Gasteiger partial charge in [-0.05, 0) is 6.08 Å². The van der Waals surface area contributed by atoms with Gasteiger partial charge >= 0.3 is 0 Å². The van der Waals surface area contributed by atoms with Crippen molar-refractivity contribution in [2.75, 3.05) is 12.3 Å². The molecular weight excluding hydrogens is 210 g/mol. The van der Waals surface area contributed by atoms with E-state index in [1.165, 1.54) is 11.8 Å². The largest absolute Gasteiger partial charge is 0.330 e. The van der Waals surface area contributed by atoms with E-state index in [1.807, 2.05) is 24.3 Å². The quantitative estimate of drug-likeness (QED) is 0.748. The molecule has 2 rings (SSSR count). The second-order valence-electron chi connectivity index (χ2n) is 3.13. The van der Waals surface area contributed by atoms with Crippen LogP contribution >= 0.6 is 11.8 Å². The van der Waals surface area contributed by atoms with E-state index in [0.29, 0.717) is 11.7 Å². The van der Waals surface area contributed by atoms with Gasteiger partial charge in [0.2, 0.25) is 0 Å². The highest BCUT2D eigenvalue weighted by atomic mass is 32.2. The summed E-state index contributed by atoms with van der Waals surface area (Å²) in [6.07, 6.45) is 7.38. The van der Waals surface area contributed by atoms with Gasteiger partial charge in [-0.3, -0.25) is 4.79 Å². The monoisotopic (exact) mass is 221 g/mol. The fourth-order valence-corrected chi connectivity index (χ4v) is 1.99. The van der Waals surface area contributed by atoms with Crippen LogP contribution < -0.4 is 5.73 Å². The number of thioether (sulfide) groups is 1. The molecule has 1 heterocycles. The Bertz CT molecular complexity index is 395. The molecule has 1 aliphatic heterocycles. The van der Waals surface area contributed by atoms with Crippen molar-refractivity contribution in [2.24, 2.45) is 21.6 Å². The molecule has 4 nitrogen and oxygen atoms in total. The summed E-state index contributed by atoms with van der Waals surface area (Å²) >= 11 is 1.42. The van der Waals surface area contributed by atoms with Crippen LogP contribution in [0.25, 0.3) is 0 Å². The SMILES string of the molecule is NCCSC1=NC(=O)C2C=CC=CC2=N1. The van der Waals surface area contributed by atoms with Crippen LogP contribution in [0.3, 0.4) is 0 Å². The Morgan fingerprint density at radius 2 is 2.27 bits per heavy atom. The Morgan fingerprint density at radius 1 is 1.40 bits per heavy atom. The number of fused-ring (bicyclic) bond motifs is 1. The van der Waals surface area contributed by atoms with Gasteiger partial charge in [-0.2, -0.15) is 4.99 Å². The Hall–Kier alpha value is -1.20. The number of carbonyl (C=O) groups is 1. The Morgan fingerprint density at radius 3 is 3.07 bits per heavy atom. The number of amidine groups is 1. The van der Waals surface area contributed by atoms with Gasteiger partial charge in [0.1, 0.15) is 5.92 Å². The first kappa shape index (κ1) is 10.3. The van der Waals surface area contributed by atoms with Crippen LogP contribution in [0.4, 0.5) is 0 Å². The third-order valence-electron chi connectivity index (χ3n) is 2.05. The summed E-state index contributed by atoms with van der Waals surface area (Å²) in [4.78, 5) is 19.8. The van der Waals surface area contributed by atoms with Gasteiger partial charge in [0.05, 0.1) is 5.71 Å². The minimum atomic E-state index is -0.280.